The van der Waals surface area contributed by atoms with Gasteiger partial charge in [-0.2, -0.15) is 5.10 Å². The molecule has 0 radical (unpaired) electrons. The standard InChI is InChI=1S/C12H15BrN2O2/c1-8-11-9(7-15(2)14-11)6-10(13)12(8)17-5-4-16-3/h6-7H,4-5H2,1-3H3. The van der Waals surface area contributed by atoms with Gasteiger partial charge < -0.3 is 9.47 Å². The van der Waals surface area contributed by atoms with E-state index < -0.39 is 0 Å². The van der Waals surface area contributed by atoms with Crippen LogP contribution in [0.15, 0.2) is 16.7 Å². The van der Waals surface area contributed by atoms with E-state index in [1.165, 1.54) is 0 Å². The Morgan fingerprint density at radius 3 is 2.88 bits per heavy atom. The quantitative estimate of drug-likeness (QED) is 0.814. The molecule has 0 unspecified atom stereocenters. The van der Waals surface area contributed by atoms with Gasteiger partial charge in [-0.05, 0) is 28.9 Å². The van der Waals surface area contributed by atoms with Crippen LogP contribution in [0.25, 0.3) is 10.9 Å². The Labute approximate surface area is 109 Å². The number of aromatic nitrogens is 2. The van der Waals surface area contributed by atoms with Crippen LogP contribution >= 0.6 is 15.9 Å². The molecule has 0 saturated heterocycles. The van der Waals surface area contributed by atoms with Gasteiger partial charge in [0.2, 0.25) is 0 Å². The second-order valence-electron chi connectivity index (χ2n) is 3.89. The summed E-state index contributed by atoms with van der Waals surface area (Å²) in [5.74, 6) is 0.841. The van der Waals surface area contributed by atoms with Gasteiger partial charge in [0.1, 0.15) is 12.4 Å². The van der Waals surface area contributed by atoms with Crippen molar-refractivity contribution in [3.05, 3.63) is 22.3 Å². The summed E-state index contributed by atoms with van der Waals surface area (Å²) < 4.78 is 13.4. The highest BCUT2D eigenvalue weighted by atomic mass is 79.9. The number of hydrogen-bond donors (Lipinski definition) is 0. The molecule has 2 rings (SSSR count). The fourth-order valence-corrected chi connectivity index (χ4v) is 2.46. The smallest absolute Gasteiger partial charge is 0.138 e. The average Bonchev–Trinajstić information content (AvgIpc) is 2.64. The number of halogens is 1. The molecule has 0 saturated carbocycles. The van der Waals surface area contributed by atoms with E-state index in [0.717, 1.165) is 26.7 Å². The van der Waals surface area contributed by atoms with Gasteiger partial charge >= 0.3 is 0 Å². The number of rotatable bonds is 4. The topological polar surface area (TPSA) is 36.3 Å². The number of nitrogens with zero attached hydrogens (tertiary/aromatic N) is 2. The Bertz CT molecular complexity index is 537. The van der Waals surface area contributed by atoms with Crippen LogP contribution in [0, 0.1) is 6.92 Å². The first-order chi connectivity index (χ1) is 8.13. The molecule has 17 heavy (non-hydrogen) atoms. The SMILES string of the molecule is COCCOc1c(Br)cc2cn(C)nc2c1C. The number of hydrogen-bond acceptors (Lipinski definition) is 3. The molecule has 2 aromatic rings. The second kappa shape index (κ2) is 5.06. The zero-order valence-corrected chi connectivity index (χ0v) is 11.7. The normalized spacial score (nSPS) is 11.1. The van der Waals surface area contributed by atoms with E-state index in [1.54, 1.807) is 7.11 Å². The monoisotopic (exact) mass is 298 g/mol. The first-order valence-corrected chi connectivity index (χ1v) is 6.17. The summed E-state index contributed by atoms with van der Waals surface area (Å²) in [6.07, 6.45) is 1.99. The Balaban J connectivity index is 2.40. The van der Waals surface area contributed by atoms with Crippen LogP contribution in [0.2, 0.25) is 0 Å². The van der Waals surface area contributed by atoms with Gasteiger partial charge in [0.15, 0.2) is 0 Å². The van der Waals surface area contributed by atoms with Crippen molar-refractivity contribution >= 4 is 26.8 Å². The van der Waals surface area contributed by atoms with Crippen LogP contribution in [0.3, 0.4) is 0 Å². The Hall–Kier alpha value is -1.07. The summed E-state index contributed by atoms with van der Waals surface area (Å²) in [6.45, 7) is 3.13. The molecule has 5 heteroatoms. The van der Waals surface area contributed by atoms with Crippen molar-refractivity contribution in [3.8, 4) is 5.75 Å². The molecule has 0 N–H and O–H groups in total. The summed E-state index contributed by atoms with van der Waals surface area (Å²) in [5, 5.41) is 5.53. The van der Waals surface area contributed by atoms with Crippen molar-refractivity contribution in [2.45, 2.75) is 6.92 Å². The van der Waals surface area contributed by atoms with Crippen LogP contribution in [0.4, 0.5) is 0 Å². The minimum Gasteiger partial charge on any atom is -0.490 e. The van der Waals surface area contributed by atoms with E-state index in [4.69, 9.17) is 9.47 Å². The number of fused-ring (bicyclic) bond motifs is 1. The first-order valence-electron chi connectivity index (χ1n) is 5.37. The predicted molar refractivity (Wildman–Crippen MR) is 70.5 cm³/mol. The third-order valence-corrected chi connectivity index (χ3v) is 3.17. The van der Waals surface area contributed by atoms with Crippen LogP contribution in [0.1, 0.15) is 5.56 Å². The van der Waals surface area contributed by atoms with Crippen LogP contribution < -0.4 is 4.74 Å². The van der Waals surface area contributed by atoms with E-state index in [1.807, 2.05) is 30.9 Å². The van der Waals surface area contributed by atoms with Gasteiger partial charge in [0, 0.05) is 31.3 Å². The molecule has 0 aliphatic rings. The number of methoxy groups -OCH3 is 1. The van der Waals surface area contributed by atoms with Gasteiger partial charge in [-0.3, -0.25) is 4.68 Å². The van der Waals surface area contributed by atoms with Crippen molar-refractivity contribution in [3.63, 3.8) is 0 Å². The lowest BCUT2D eigenvalue weighted by Crippen LogP contribution is -2.05. The first kappa shape index (κ1) is 12.4. The minimum atomic E-state index is 0.536. The third-order valence-electron chi connectivity index (χ3n) is 2.59. The third kappa shape index (κ3) is 2.45. The summed E-state index contributed by atoms with van der Waals surface area (Å²) in [6, 6.07) is 2.03. The average molecular weight is 299 g/mol. The van der Waals surface area contributed by atoms with E-state index in [-0.39, 0.29) is 0 Å². The molecule has 0 spiro atoms. The largest absolute Gasteiger partial charge is 0.490 e. The molecule has 1 aromatic heterocycles. The fraction of sp³-hybridized carbons (Fsp3) is 0.417. The predicted octanol–water partition coefficient (Wildman–Crippen LogP) is 2.67. The molecular formula is C12H15BrN2O2. The summed E-state index contributed by atoms with van der Waals surface area (Å²) in [7, 11) is 3.58. The molecule has 92 valence electrons. The summed E-state index contributed by atoms with van der Waals surface area (Å²) in [5.41, 5.74) is 2.02. The van der Waals surface area contributed by atoms with Crippen LogP contribution in [-0.4, -0.2) is 30.1 Å². The van der Waals surface area contributed by atoms with E-state index in [0.29, 0.717) is 13.2 Å². The molecule has 0 aliphatic heterocycles. The molecule has 0 aliphatic carbocycles. The molecule has 1 heterocycles. The maximum absolute atomic E-state index is 5.70. The summed E-state index contributed by atoms with van der Waals surface area (Å²) >= 11 is 3.53. The van der Waals surface area contributed by atoms with Crippen molar-refractivity contribution in [2.75, 3.05) is 20.3 Å². The highest BCUT2D eigenvalue weighted by Gasteiger charge is 2.12. The Morgan fingerprint density at radius 1 is 1.41 bits per heavy atom. The number of aryl methyl sites for hydroxylation is 2. The number of ether oxygens (including phenoxy) is 2. The molecule has 1 aromatic carbocycles. The molecule has 0 atom stereocenters. The maximum Gasteiger partial charge on any atom is 0.138 e. The van der Waals surface area contributed by atoms with Crippen LogP contribution in [0.5, 0.6) is 5.75 Å². The van der Waals surface area contributed by atoms with Gasteiger partial charge in [-0.15, -0.1) is 0 Å². The molecule has 0 amide bonds. The van der Waals surface area contributed by atoms with E-state index >= 15 is 0 Å². The van der Waals surface area contributed by atoms with Crippen LogP contribution in [-0.2, 0) is 11.8 Å². The molecule has 0 bridgehead atoms. The lowest BCUT2D eigenvalue weighted by Gasteiger charge is -2.11. The Morgan fingerprint density at radius 2 is 2.18 bits per heavy atom. The van der Waals surface area contributed by atoms with Crippen molar-refractivity contribution in [1.29, 1.82) is 0 Å². The molecule has 0 fully saturated rings. The lowest BCUT2D eigenvalue weighted by molar-refractivity contribution is 0.145. The van der Waals surface area contributed by atoms with E-state index in [2.05, 4.69) is 21.0 Å². The van der Waals surface area contributed by atoms with Gasteiger partial charge in [-0.1, -0.05) is 0 Å². The highest BCUT2D eigenvalue weighted by molar-refractivity contribution is 9.10. The van der Waals surface area contributed by atoms with Gasteiger partial charge in [0.05, 0.1) is 16.6 Å². The van der Waals surface area contributed by atoms with Crippen molar-refractivity contribution < 1.29 is 9.47 Å². The zero-order valence-electron chi connectivity index (χ0n) is 10.2. The van der Waals surface area contributed by atoms with Gasteiger partial charge in [-0.25, -0.2) is 0 Å². The lowest BCUT2D eigenvalue weighted by atomic mass is 10.1. The summed E-state index contributed by atoms with van der Waals surface area (Å²) in [4.78, 5) is 0. The zero-order chi connectivity index (χ0) is 12.4. The Kier molecular flexibility index (Phi) is 3.69. The molecular weight excluding hydrogens is 284 g/mol. The molecule has 4 nitrogen and oxygen atoms in total. The van der Waals surface area contributed by atoms with Gasteiger partial charge in [0.25, 0.3) is 0 Å². The fourth-order valence-electron chi connectivity index (χ4n) is 1.80. The number of benzene rings is 1. The highest BCUT2D eigenvalue weighted by Crippen LogP contribution is 2.34. The minimum absolute atomic E-state index is 0.536. The maximum atomic E-state index is 5.70. The second-order valence-corrected chi connectivity index (χ2v) is 4.75. The van der Waals surface area contributed by atoms with Crippen molar-refractivity contribution in [2.24, 2.45) is 7.05 Å². The van der Waals surface area contributed by atoms with E-state index in [9.17, 15) is 0 Å². The van der Waals surface area contributed by atoms with Crippen molar-refractivity contribution in [1.82, 2.24) is 9.78 Å².